The SMILES string of the molecule is C[C@H](OC(=O)c1ccc(N2CCCC2)c([N+](=O)[O-])c1)C(=O)N1CCc2ccccc21. The molecule has 2 aromatic rings. The molecule has 1 fully saturated rings. The zero-order chi connectivity index (χ0) is 21.3. The Morgan fingerprint density at radius 2 is 1.80 bits per heavy atom. The largest absolute Gasteiger partial charge is 0.449 e. The van der Waals surface area contributed by atoms with Gasteiger partial charge in [0.1, 0.15) is 5.69 Å². The zero-order valence-electron chi connectivity index (χ0n) is 16.7. The minimum absolute atomic E-state index is 0.0612. The number of ether oxygens (including phenoxy) is 1. The fourth-order valence-electron chi connectivity index (χ4n) is 4.09. The first kappa shape index (κ1) is 19.9. The maximum atomic E-state index is 12.8. The summed E-state index contributed by atoms with van der Waals surface area (Å²) in [4.78, 5) is 40.0. The second-order valence-corrected chi connectivity index (χ2v) is 7.57. The minimum atomic E-state index is -0.999. The minimum Gasteiger partial charge on any atom is -0.449 e. The van der Waals surface area contributed by atoms with Crippen molar-refractivity contribution in [2.24, 2.45) is 0 Å². The number of benzene rings is 2. The number of esters is 1. The highest BCUT2D eigenvalue weighted by molar-refractivity contribution is 6.00. The van der Waals surface area contributed by atoms with Gasteiger partial charge < -0.3 is 14.5 Å². The van der Waals surface area contributed by atoms with E-state index in [1.165, 1.54) is 19.1 Å². The topological polar surface area (TPSA) is 93.0 Å². The number of carbonyl (C=O) groups excluding carboxylic acids is 2. The van der Waals surface area contributed by atoms with Crippen LogP contribution in [-0.4, -0.2) is 42.5 Å². The predicted molar refractivity (Wildman–Crippen MR) is 112 cm³/mol. The van der Waals surface area contributed by atoms with Crippen LogP contribution >= 0.6 is 0 Å². The third-order valence-electron chi connectivity index (χ3n) is 5.64. The smallest absolute Gasteiger partial charge is 0.339 e. The number of hydrogen-bond donors (Lipinski definition) is 0. The molecule has 1 saturated heterocycles. The van der Waals surface area contributed by atoms with Crippen LogP contribution in [0, 0.1) is 10.1 Å². The standard InChI is InChI=1S/C22H23N3O5/c1-15(21(26)24-13-10-16-6-2-3-7-18(16)24)30-22(27)17-8-9-19(20(14-17)25(28)29)23-11-4-5-12-23/h2-3,6-9,14-15H,4-5,10-13H2,1H3/t15-/m0/s1. The molecular weight excluding hydrogens is 386 g/mol. The highest BCUT2D eigenvalue weighted by Gasteiger charge is 2.31. The molecule has 2 aliphatic heterocycles. The molecule has 8 heteroatoms. The van der Waals surface area contributed by atoms with Gasteiger partial charge in [-0.25, -0.2) is 4.79 Å². The molecule has 156 valence electrons. The first-order chi connectivity index (χ1) is 14.5. The van der Waals surface area contributed by atoms with Gasteiger partial charge in [0.15, 0.2) is 6.10 Å². The molecule has 0 N–H and O–H groups in total. The number of para-hydroxylation sites is 1. The molecule has 0 unspecified atom stereocenters. The van der Waals surface area contributed by atoms with Crippen LogP contribution in [0.4, 0.5) is 17.1 Å². The van der Waals surface area contributed by atoms with Crippen LogP contribution in [0.25, 0.3) is 0 Å². The fraction of sp³-hybridized carbons (Fsp3) is 0.364. The molecule has 2 aromatic carbocycles. The third-order valence-corrected chi connectivity index (χ3v) is 5.64. The van der Waals surface area contributed by atoms with Crippen molar-refractivity contribution in [2.45, 2.75) is 32.3 Å². The summed E-state index contributed by atoms with van der Waals surface area (Å²) in [5.41, 5.74) is 2.35. The van der Waals surface area contributed by atoms with E-state index >= 15 is 0 Å². The van der Waals surface area contributed by atoms with Gasteiger partial charge in [0.2, 0.25) is 0 Å². The summed E-state index contributed by atoms with van der Waals surface area (Å²) in [6.45, 7) is 3.57. The number of nitro benzene ring substituents is 1. The molecule has 0 saturated carbocycles. The van der Waals surface area contributed by atoms with Crippen molar-refractivity contribution < 1.29 is 19.2 Å². The van der Waals surface area contributed by atoms with Crippen LogP contribution in [-0.2, 0) is 16.0 Å². The predicted octanol–water partition coefficient (Wildman–Crippen LogP) is 3.33. The molecule has 0 bridgehead atoms. The van der Waals surface area contributed by atoms with E-state index < -0.39 is 17.0 Å². The van der Waals surface area contributed by atoms with Gasteiger partial charge >= 0.3 is 5.97 Å². The highest BCUT2D eigenvalue weighted by atomic mass is 16.6. The second kappa shape index (κ2) is 8.14. The number of fused-ring (bicyclic) bond motifs is 1. The Labute approximate surface area is 174 Å². The monoisotopic (exact) mass is 409 g/mol. The van der Waals surface area contributed by atoms with Crippen molar-refractivity contribution in [1.82, 2.24) is 0 Å². The lowest BCUT2D eigenvalue weighted by Gasteiger charge is -2.22. The normalized spacial score (nSPS) is 16.3. The Kier molecular flexibility index (Phi) is 5.39. The Hall–Kier alpha value is -3.42. The summed E-state index contributed by atoms with van der Waals surface area (Å²) < 4.78 is 5.36. The van der Waals surface area contributed by atoms with Gasteiger partial charge in [-0.15, -0.1) is 0 Å². The maximum absolute atomic E-state index is 12.8. The Balaban J connectivity index is 1.49. The average Bonchev–Trinajstić information content (AvgIpc) is 3.42. The molecule has 0 aromatic heterocycles. The van der Waals surface area contributed by atoms with Crippen LogP contribution < -0.4 is 9.80 Å². The van der Waals surface area contributed by atoms with Crippen molar-refractivity contribution in [2.75, 3.05) is 29.4 Å². The van der Waals surface area contributed by atoms with E-state index in [0.717, 1.165) is 43.6 Å². The molecule has 30 heavy (non-hydrogen) atoms. The van der Waals surface area contributed by atoms with Crippen LogP contribution in [0.1, 0.15) is 35.7 Å². The number of nitro groups is 1. The summed E-state index contributed by atoms with van der Waals surface area (Å²) in [7, 11) is 0. The molecule has 0 aliphatic carbocycles. The lowest BCUT2D eigenvalue weighted by atomic mass is 10.1. The summed E-state index contributed by atoms with van der Waals surface area (Å²) in [6.07, 6.45) is 1.73. The van der Waals surface area contributed by atoms with E-state index in [9.17, 15) is 19.7 Å². The van der Waals surface area contributed by atoms with E-state index in [0.29, 0.717) is 12.2 Å². The van der Waals surface area contributed by atoms with Gasteiger partial charge in [0, 0.05) is 31.4 Å². The van der Waals surface area contributed by atoms with Crippen LogP contribution in [0.2, 0.25) is 0 Å². The Morgan fingerprint density at radius 1 is 1.07 bits per heavy atom. The average molecular weight is 409 g/mol. The van der Waals surface area contributed by atoms with Crippen molar-refractivity contribution >= 4 is 28.9 Å². The van der Waals surface area contributed by atoms with E-state index in [2.05, 4.69) is 0 Å². The van der Waals surface area contributed by atoms with Crippen molar-refractivity contribution in [3.8, 4) is 0 Å². The number of carbonyl (C=O) groups is 2. The molecule has 4 rings (SSSR count). The number of rotatable bonds is 5. The Morgan fingerprint density at radius 3 is 2.53 bits per heavy atom. The van der Waals surface area contributed by atoms with E-state index in [-0.39, 0.29) is 17.2 Å². The number of amides is 1. The first-order valence-electron chi connectivity index (χ1n) is 10.1. The summed E-state index contributed by atoms with van der Waals surface area (Å²) >= 11 is 0. The van der Waals surface area contributed by atoms with Crippen molar-refractivity contribution in [1.29, 1.82) is 0 Å². The lowest BCUT2D eigenvalue weighted by Crippen LogP contribution is -2.39. The molecular formula is C22H23N3O5. The first-order valence-corrected chi connectivity index (χ1v) is 10.1. The number of hydrogen-bond acceptors (Lipinski definition) is 6. The van der Waals surface area contributed by atoms with Crippen molar-refractivity contribution in [3.05, 3.63) is 63.7 Å². The molecule has 1 amide bonds. The summed E-state index contributed by atoms with van der Waals surface area (Å²) in [5, 5.41) is 11.5. The van der Waals surface area contributed by atoms with Gasteiger partial charge in [-0.3, -0.25) is 14.9 Å². The van der Waals surface area contributed by atoms with Crippen LogP contribution in [0.3, 0.4) is 0 Å². The Bertz CT molecular complexity index is 1000. The van der Waals surface area contributed by atoms with Gasteiger partial charge in [-0.2, -0.15) is 0 Å². The van der Waals surface area contributed by atoms with Gasteiger partial charge in [-0.1, -0.05) is 18.2 Å². The maximum Gasteiger partial charge on any atom is 0.339 e. The lowest BCUT2D eigenvalue weighted by molar-refractivity contribution is -0.384. The fourth-order valence-corrected chi connectivity index (χ4v) is 4.09. The van der Waals surface area contributed by atoms with Gasteiger partial charge in [0.05, 0.1) is 10.5 Å². The summed E-state index contributed by atoms with van der Waals surface area (Å²) in [5.74, 6) is -1.06. The van der Waals surface area contributed by atoms with Gasteiger partial charge in [0.25, 0.3) is 11.6 Å². The van der Waals surface area contributed by atoms with Crippen molar-refractivity contribution in [3.63, 3.8) is 0 Å². The quantitative estimate of drug-likeness (QED) is 0.427. The molecule has 2 aliphatic rings. The van der Waals surface area contributed by atoms with E-state index in [1.54, 1.807) is 11.0 Å². The number of anilines is 2. The highest BCUT2D eigenvalue weighted by Crippen LogP contribution is 2.32. The van der Waals surface area contributed by atoms with Crippen LogP contribution in [0.5, 0.6) is 0 Å². The zero-order valence-corrected chi connectivity index (χ0v) is 16.7. The molecule has 8 nitrogen and oxygen atoms in total. The third kappa shape index (κ3) is 3.72. The van der Waals surface area contributed by atoms with E-state index in [1.807, 2.05) is 29.2 Å². The second-order valence-electron chi connectivity index (χ2n) is 7.57. The number of nitrogens with zero attached hydrogens (tertiary/aromatic N) is 3. The van der Waals surface area contributed by atoms with Crippen LogP contribution in [0.15, 0.2) is 42.5 Å². The molecule has 0 spiro atoms. The van der Waals surface area contributed by atoms with E-state index in [4.69, 9.17) is 4.74 Å². The summed E-state index contributed by atoms with van der Waals surface area (Å²) in [6, 6.07) is 12.0. The molecule has 2 heterocycles. The van der Waals surface area contributed by atoms with Gasteiger partial charge in [-0.05, 0) is 49.9 Å². The molecule has 1 atom stereocenters. The molecule has 0 radical (unpaired) electrons.